The van der Waals surface area contributed by atoms with Crippen molar-refractivity contribution in [2.24, 2.45) is 0 Å². The second kappa shape index (κ2) is 11.5. The molecule has 23 heavy (non-hydrogen) atoms. The molecule has 2 N–H and O–H groups in total. The second-order valence-electron chi connectivity index (χ2n) is 5.19. The van der Waals surface area contributed by atoms with Gasteiger partial charge in [-0.2, -0.15) is 0 Å². The molecular formula is C14H24Cl3N3O2S. The minimum Gasteiger partial charge on any atom is -0.314 e. The normalized spacial score (nSPS) is 15.5. The average Bonchev–Trinajstić information content (AvgIpc) is 2.47. The molecule has 1 aliphatic heterocycles. The number of nitrogens with zero attached hydrogens (tertiary/aromatic N) is 1. The van der Waals surface area contributed by atoms with Gasteiger partial charge in [-0.15, -0.1) is 24.8 Å². The standard InChI is InChI=1S/C14H22ClN3O2S.2ClH/c15-14-5-2-1-4-13(14)12-21(19,20)17-6-3-9-18-10-7-16-8-11-18;;/h1-2,4-5,16-17H,3,6-12H2;2*1H. The first kappa shape index (κ1) is 22.9. The molecule has 0 radical (unpaired) electrons. The van der Waals surface area contributed by atoms with Gasteiger partial charge in [-0.3, -0.25) is 0 Å². The van der Waals surface area contributed by atoms with Gasteiger partial charge in [-0.1, -0.05) is 29.8 Å². The van der Waals surface area contributed by atoms with Crippen molar-refractivity contribution in [3.63, 3.8) is 0 Å². The van der Waals surface area contributed by atoms with Gasteiger partial charge in [0.05, 0.1) is 5.75 Å². The maximum Gasteiger partial charge on any atom is 0.215 e. The van der Waals surface area contributed by atoms with Gasteiger partial charge in [0.25, 0.3) is 0 Å². The summed E-state index contributed by atoms with van der Waals surface area (Å²) in [5.74, 6) is -0.0691. The number of sulfonamides is 1. The predicted molar refractivity (Wildman–Crippen MR) is 101 cm³/mol. The van der Waals surface area contributed by atoms with Gasteiger partial charge in [0, 0.05) is 37.7 Å². The highest BCUT2D eigenvalue weighted by atomic mass is 35.5. The molecule has 1 heterocycles. The van der Waals surface area contributed by atoms with E-state index in [1.165, 1.54) is 0 Å². The van der Waals surface area contributed by atoms with Crippen molar-refractivity contribution in [1.29, 1.82) is 0 Å². The van der Waals surface area contributed by atoms with E-state index in [4.69, 9.17) is 11.6 Å². The lowest BCUT2D eigenvalue weighted by Gasteiger charge is -2.27. The molecule has 1 aliphatic rings. The van der Waals surface area contributed by atoms with E-state index in [2.05, 4.69) is 14.9 Å². The Morgan fingerprint density at radius 3 is 2.48 bits per heavy atom. The fraction of sp³-hybridized carbons (Fsp3) is 0.571. The van der Waals surface area contributed by atoms with Crippen LogP contribution in [-0.4, -0.2) is 52.6 Å². The third kappa shape index (κ3) is 8.54. The molecule has 0 atom stereocenters. The largest absolute Gasteiger partial charge is 0.314 e. The summed E-state index contributed by atoms with van der Waals surface area (Å²) in [6.07, 6.45) is 0.821. The summed E-state index contributed by atoms with van der Waals surface area (Å²) < 4.78 is 26.7. The number of halogens is 3. The Balaban J connectivity index is 0.00000242. The summed E-state index contributed by atoms with van der Waals surface area (Å²) in [5.41, 5.74) is 0.633. The van der Waals surface area contributed by atoms with Crippen molar-refractivity contribution in [3.8, 4) is 0 Å². The fourth-order valence-electron chi connectivity index (χ4n) is 2.34. The zero-order chi connectivity index (χ0) is 15.1. The van der Waals surface area contributed by atoms with E-state index >= 15 is 0 Å². The van der Waals surface area contributed by atoms with Crippen LogP contribution in [0.25, 0.3) is 0 Å². The third-order valence-electron chi connectivity index (χ3n) is 3.49. The molecule has 0 aromatic heterocycles. The van der Waals surface area contributed by atoms with E-state index in [0.29, 0.717) is 17.1 Å². The zero-order valence-electron chi connectivity index (χ0n) is 12.8. The number of hydrogen-bond acceptors (Lipinski definition) is 4. The summed E-state index contributed by atoms with van der Waals surface area (Å²) in [5, 5.41) is 3.79. The molecule has 0 saturated carbocycles. The summed E-state index contributed by atoms with van der Waals surface area (Å²) in [4.78, 5) is 2.35. The van der Waals surface area contributed by atoms with Gasteiger partial charge in [-0.25, -0.2) is 13.1 Å². The Morgan fingerprint density at radius 1 is 1.17 bits per heavy atom. The molecule has 5 nitrogen and oxygen atoms in total. The van der Waals surface area contributed by atoms with E-state index in [1.54, 1.807) is 24.3 Å². The number of nitrogens with one attached hydrogen (secondary N) is 2. The molecule has 0 spiro atoms. The Labute approximate surface area is 156 Å². The minimum atomic E-state index is -3.33. The number of piperazine rings is 1. The molecule has 0 unspecified atom stereocenters. The van der Waals surface area contributed by atoms with Crippen LogP contribution in [0.5, 0.6) is 0 Å². The Morgan fingerprint density at radius 2 is 1.83 bits per heavy atom. The highest BCUT2D eigenvalue weighted by Gasteiger charge is 2.14. The van der Waals surface area contributed by atoms with Crippen LogP contribution in [0.2, 0.25) is 5.02 Å². The number of benzene rings is 1. The van der Waals surface area contributed by atoms with Crippen molar-refractivity contribution >= 4 is 46.4 Å². The molecule has 2 rings (SSSR count). The van der Waals surface area contributed by atoms with Crippen LogP contribution in [0.15, 0.2) is 24.3 Å². The van der Waals surface area contributed by atoms with Crippen LogP contribution < -0.4 is 10.0 Å². The predicted octanol–water partition coefficient (Wildman–Crippen LogP) is 1.90. The number of rotatable bonds is 7. The van der Waals surface area contributed by atoms with Crippen LogP contribution in [-0.2, 0) is 15.8 Å². The van der Waals surface area contributed by atoms with E-state index in [-0.39, 0.29) is 30.6 Å². The molecule has 0 bridgehead atoms. The van der Waals surface area contributed by atoms with Gasteiger partial charge in [0.2, 0.25) is 10.0 Å². The van der Waals surface area contributed by atoms with Crippen LogP contribution in [0.1, 0.15) is 12.0 Å². The Bertz CT molecular complexity index is 552. The van der Waals surface area contributed by atoms with Crippen molar-refractivity contribution in [3.05, 3.63) is 34.9 Å². The van der Waals surface area contributed by atoms with Gasteiger partial charge < -0.3 is 10.2 Å². The van der Waals surface area contributed by atoms with Crippen molar-refractivity contribution in [1.82, 2.24) is 14.9 Å². The summed E-state index contributed by atoms with van der Waals surface area (Å²) >= 11 is 5.99. The maximum atomic E-state index is 12.0. The lowest BCUT2D eigenvalue weighted by atomic mass is 10.2. The fourth-order valence-corrected chi connectivity index (χ4v) is 3.84. The number of hydrogen-bond donors (Lipinski definition) is 2. The molecule has 134 valence electrons. The van der Waals surface area contributed by atoms with Gasteiger partial charge >= 0.3 is 0 Å². The van der Waals surface area contributed by atoms with Crippen LogP contribution in [0, 0.1) is 0 Å². The lowest BCUT2D eigenvalue weighted by Crippen LogP contribution is -2.44. The van der Waals surface area contributed by atoms with E-state index in [0.717, 1.165) is 39.1 Å². The Hall–Kier alpha value is -0.0800. The van der Waals surface area contributed by atoms with Crippen LogP contribution in [0.3, 0.4) is 0 Å². The first-order chi connectivity index (χ1) is 10.1. The summed E-state index contributed by atoms with van der Waals surface area (Å²) in [6.45, 7) is 5.49. The second-order valence-corrected chi connectivity index (χ2v) is 7.40. The molecule has 9 heteroatoms. The first-order valence-corrected chi connectivity index (χ1v) is 9.24. The van der Waals surface area contributed by atoms with Crippen molar-refractivity contribution in [2.75, 3.05) is 39.3 Å². The average molecular weight is 405 g/mol. The van der Waals surface area contributed by atoms with Crippen molar-refractivity contribution < 1.29 is 8.42 Å². The van der Waals surface area contributed by atoms with E-state index in [1.807, 2.05) is 0 Å². The third-order valence-corrected chi connectivity index (χ3v) is 5.19. The monoisotopic (exact) mass is 403 g/mol. The van der Waals surface area contributed by atoms with Crippen molar-refractivity contribution in [2.45, 2.75) is 12.2 Å². The van der Waals surface area contributed by atoms with Gasteiger partial charge in [-0.05, 0) is 24.6 Å². The highest BCUT2D eigenvalue weighted by Crippen LogP contribution is 2.17. The van der Waals surface area contributed by atoms with E-state index in [9.17, 15) is 8.42 Å². The maximum absolute atomic E-state index is 12.0. The first-order valence-electron chi connectivity index (χ1n) is 7.21. The SMILES string of the molecule is Cl.Cl.O=S(=O)(Cc1ccccc1Cl)NCCCN1CCNCC1. The summed E-state index contributed by atoms with van der Waals surface area (Å²) in [7, 11) is -3.33. The topological polar surface area (TPSA) is 61.4 Å². The Kier molecular flexibility index (Phi) is 11.4. The molecule has 1 saturated heterocycles. The van der Waals surface area contributed by atoms with Gasteiger partial charge in [0.15, 0.2) is 0 Å². The van der Waals surface area contributed by atoms with Crippen LogP contribution in [0.4, 0.5) is 0 Å². The smallest absolute Gasteiger partial charge is 0.215 e. The highest BCUT2D eigenvalue weighted by molar-refractivity contribution is 7.88. The quantitative estimate of drug-likeness (QED) is 0.681. The molecule has 0 amide bonds. The van der Waals surface area contributed by atoms with Gasteiger partial charge in [0.1, 0.15) is 0 Å². The minimum absolute atomic E-state index is 0. The lowest BCUT2D eigenvalue weighted by molar-refractivity contribution is 0.239. The molecular weight excluding hydrogens is 381 g/mol. The molecule has 0 aliphatic carbocycles. The zero-order valence-corrected chi connectivity index (χ0v) is 16.0. The summed E-state index contributed by atoms with van der Waals surface area (Å²) in [6, 6.07) is 7.03. The molecule has 1 fully saturated rings. The van der Waals surface area contributed by atoms with E-state index < -0.39 is 10.0 Å². The molecule has 1 aromatic carbocycles. The van der Waals surface area contributed by atoms with Crippen LogP contribution >= 0.6 is 36.4 Å². The molecule has 1 aromatic rings.